The predicted molar refractivity (Wildman–Crippen MR) is 87.1 cm³/mol. The molecule has 0 saturated carbocycles. The number of aryl methyl sites for hydroxylation is 1. The van der Waals surface area contributed by atoms with Gasteiger partial charge in [-0.3, -0.25) is 0 Å². The molecule has 0 radical (unpaired) electrons. The summed E-state index contributed by atoms with van der Waals surface area (Å²) in [6.07, 6.45) is 8.48. The summed E-state index contributed by atoms with van der Waals surface area (Å²) in [5, 5.41) is 3.84. The Morgan fingerprint density at radius 1 is 1.21 bits per heavy atom. The van der Waals surface area contributed by atoms with Crippen molar-refractivity contribution in [3.63, 3.8) is 0 Å². The van der Waals surface area contributed by atoms with Crippen LogP contribution in [0.25, 0.3) is 0 Å². The molecule has 1 aliphatic rings. The first-order chi connectivity index (χ1) is 9.23. The van der Waals surface area contributed by atoms with Crippen molar-refractivity contribution in [1.82, 2.24) is 5.32 Å². The van der Waals surface area contributed by atoms with Crippen molar-refractivity contribution in [1.29, 1.82) is 0 Å². The summed E-state index contributed by atoms with van der Waals surface area (Å²) in [6, 6.07) is 9.59. The highest BCUT2D eigenvalue weighted by molar-refractivity contribution is 8.00. The first kappa shape index (κ1) is 14.9. The van der Waals surface area contributed by atoms with Crippen LogP contribution >= 0.6 is 11.8 Å². The number of benzene rings is 1. The Balaban J connectivity index is 1.92. The molecule has 0 spiro atoms. The summed E-state index contributed by atoms with van der Waals surface area (Å²) in [5.74, 6) is 0. The first-order valence-electron chi connectivity index (χ1n) is 7.58. The summed E-state index contributed by atoms with van der Waals surface area (Å²) in [5.41, 5.74) is 3.11. The average Bonchev–Trinajstić information content (AvgIpc) is 2.49. The molecule has 0 saturated heterocycles. The molecule has 1 aliphatic carbocycles. The van der Waals surface area contributed by atoms with E-state index < -0.39 is 0 Å². The van der Waals surface area contributed by atoms with Crippen molar-refractivity contribution in [3.05, 3.63) is 35.4 Å². The van der Waals surface area contributed by atoms with Gasteiger partial charge in [-0.05, 0) is 49.5 Å². The van der Waals surface area contributed by atoms with Crippen LogP contribution < -0.4 is 5.32 Å². The van der Waals surface area contributed by atoms with E-state index in [9.17, 15) is 0 Å². The summed E-state index contributed by atoms with van der Waals surface area (Å²) >= 11 is 2.03. The second-order valence-corrected chi connectivity index (χ2v) is 6.96. The molecule has 0 aromatic heterocycles. The quantitative estimate of drug-likeness (QED) is 0.841. The molecule has 1 nitrogen and oxygen atoms in total. The van der Waals surface area contributed by atoms with Crippen LogP contribution in [0.2, 0.25) is 0 Å². The lowest BCUT2D eigenvalue weighted by Crippen LogP contribution is -2.43. The van der Waals surface area contributed by atoms with Crippen LogP contribution in [0.15, 0.2) is 24.3 Å². The maximum atomic E-state index is 3.84. The number of rotatable bonds is 6. The lowest BCUT2D eigenvalue weighted by molar-refractivity contribution is 0.409. The third kappa shape index (κ3) is 3.55. The highest BCUT2D eigenvalue weighted by Gasteiger charge is 2.26. The molecule has 1 atom stereocenters. The Hall–Kier alpha value is -0.470. The smallest absolute Gasteiger partial charge is 0.0276 e. The molecule has 1 aromatic rings. The van der Waals surface area contributed by atoms with Gasteiger partial charge in [0, 0.05) is 17.3 Å². The number of hydrogen-bond donors (Lipinski definition) is 1. The van der Waals surface area contributed by atoms with Gasteiger partial charge in [0.05, 0.1) is 0 Å². The zero-order valence-corrected chi connectivity index (χ0v) is 13.4. The van der Waals surface area contributed by atoms with Crippen LogP contribution in [0.1, 0.15) is 44.2 Å². The van der Waals surface area contributed by atoms with Gasteiger partial charge in [0.1, 0.15) is 0 Å². The van der Waals surface area contributed by atoms with Crippen molar-refractivity contribution >= 4 is 11.8 Å². The fourth-order valence-corrected chi connectivity index (χ4v) is 3.87. The molecule has 1 aromatic carbocycles. The SMILES string of the molecule is CCC(CC)(CNC1CCc2ccccc2C1)SC. The topological polar surface area (TPSA) is 12.0 Å². The van der Waals surface area contributed by atoms with E-state index in [-0.39, 0.29) is 0 Å². The van der Waals surface area contributed by atoms with Crippen molar-refractivity contribution in [2.75, 3.05) is 12.8 Å². The van der Waals surface area contributed by atoms with E-state index in [1.165, 1.54) is 32.1 Å². The van der Waals surface area contributed by atoms with Crippen molar-refractivity contribution in [2.45, 2.75) is 56.7 Å². The molecule has 106 valence electrons. The Kier molecular flexibility index (Phi) is 5.35. The minimum Gasteiger partial charge on any atom is -0.312 e. The molecular weight excluding hydrogens is 250 g/mol. The standard InChI is InChI=1S/C17H27NS/c1-4-17(5-2,19-3)13-18-16-11-10-14-8-6-7-9-15(14)12-16/h6-9,16,18H,4-5,10-13H2,1-3H3. The van der Waals surface area contributed by atoms with E-state index in [2.05, 4.69) is 49.7 Å². The molecule has 19 heavy (non-hydrogen) atoms. The van der Waals surface area contributed by atoms with Gasteiger partial charge >= 0.3 is 0 Å². The Morgan fingerprint density at radius 2 is 1.89 bits per heavy atom. The molecule has 0 heterocycles. The second kappa shape index (κ2) is 6.81. The number of thioether (sulfide) groups is 1. The first-order valence-corrected chi connectivity index (χ1v) is 8.81. The van der Waals surface area contributed by atoms with E-state index in [4.69, 9.17) is 0 Å². The van der Waals surface area contributed by atoms with Crippen LogP contribution in [-0.4, -0.2) is 23.6 Å². The largest absolute Gasteiger partial charge is 0.312 e. The molecular formula is C17H27NS. The third-order valence-corrected chi connectivity index (χ3v) is 6.37. The van der Waals surface area contributed by atoms with Crippen LogP contribution in [0, 0.1) is 0 Å². The number of fused-ring (bicyclic) bond motifs is 1. The molecule has 2 heteroatoms. The minimum absolute atomic E-state index is 0.428. The average molecular weight is 277 g/mol. The second-order valence-electron chi connectivity index (χ2n) is 5.68. The molecule has 2 rings (SSSR count). The zero-order valence-electron chi connectivity index (χ0n) is 12.5. The lowest BCUT2D eigenvalue weighted by Gasteiger charge is -2.34. The fraction of sp³-hybridized carbons (Fsp3) is 0.647. The van der Waals surface area contributed by atoms with Gasteiger partial charge in [-0.2, -0.15) is 11.8 Å². The monoisotopic (exact) mass is 277 g/mol. The van der Waals surface area contributed by atoms with Gasteiger partial charge in [-0.25, -0.2) is 0 Å². The van der Waals surface area contributed by atoms with Gasteiger partial charge in [-0.15, -0.1) is 0 Å². The van der Waals surface area contributed by atoms with Crippen molar-refractivity contribution in [3.8, 4) is 0 Å². The minimum atomic E-state index is 0.428. The number of nitrogens with one attached hydrogen (secondary N) is 1. The Bertz CT molecular complexity index is 390. The molecule has 1 N–H and O–H groups in total. The molecule has 0 amide bonds. The zero-order chi connectivity index (χ0) is 13.7. The van der Waals surface area contributed by atoms with Crippen LogP contribution in [0.5, 0.6) is 0 Å². The van der Waals surface area contributed by atoms with Crippen molar-refractivity contribution < 1.29 is 0 Å². The summed E-state index contributed by atoms with van der Waals surface area (Å²) in [6.45, 7) is 5.78. The summed E-state index contributed by atoms with van der Waals surface area (Å²) in [7, 11) is 0. The van der Waals surface area contributed by atoms with Gasteiger partial charge in [-0.1, -0.05) is 38.1 Å². The summed E-state index contributed by atoms with van der Waals surface area (Å²) < 4.78 is 0.428. The maximum Gasteiger partial charge on any atom is 0.0276 e. The van der Waals surface area contributed by atoms with Crippen LogP contribution in [-0.2, 0) is 12.8 Å². The van der Waals surface area contributed by atoms with E-state index in [1.807, 2.05) is 11.8 Å². The predicted octanol–water partition coefficient (Wildman–Crippen LogP) is 4.06. The molecule has 1 unspecified atom stereocenters. The maximum absolute atomic E-state index is 3.84. The highest BCUT2D eigenvalue weighted by Crippen LogP contribution is 2.30. The Labute approximate surface area is 122 Å². The molecule has 0 fully saturated rings. The van der Waals surface area contributed by atoms with E-state index in [0.717, 1.165) is 6.54 Å². The highest BCUT2D eigenvalue weighted by atomic mass is 32.2. The van der Waals surface area contributed by atoms with Crippen LogP contribution in [0.4, 0.5) is 0 Å². The normalized spacial score (nSPS) is 19.2. The van der Waals surface area contributed by atoms with Crippen LogP contribution in [0.3, 0.4) is 0 Å². The lowest BCUT2D eigenvalue weighted by atomic mass is 9.88. The van der Waals surface area contributed by atoms with E-state index >= 15 is 0 Å². The Morgan fingerprint density at radius 3 is 2.53 bits per heavy atom. The summed E-state index contributed by atoms with van der Waals surface area (Å²) in [4.78, 5) is 0. The molecule has 0 aliphatic heterocycles. The number of hydrogen-bond acceptors (Lipinski definition) is 2. The van der Waals surface area contributed by atoms with E-state index in [1.54, 1.807) is 11.1 Å². The fourth-order valence-electron chi connectivity index (χ4n) is 3.06. The van der Waals surface area contributed by atoms with Gasteiger partial charge in [0.25, 0.3) is 0 Å². The third-order valence-electron chi connectivity index (χ3n) is 4.78. The van der Waals surface area contributed by atoms with E-state index in [0.29, 0.717) is 10.8 Å². The van der Waals surface area contributed by atoms with Gasteiger partial charge in [0.2, 0.25) is 0 Å². The molecule has 0 bridgehead atoms. The van der Waals surface area contributed by atoms with Crippen molar-refractivity contribution in [2.24, 2.45) is 0 Å². The van der Waals surface area contributed by atoms with Gasteiger partial charge < -0.3 is 5.32 Å². The van der Waals surface area contributed by atoms with Gasteiger partial charge in [0.15, 0.2) is 0 Å².